The zero-order valence-electron chi connectivity index (χ0n) is 35.7. The minimum atomic E-state index is -0.797. The minimum absolute atomic E-state index is 0.0972. The second-order valence-electron chi connectivity index (χ2n) is 14.6. The van der Waals surface area contributed by atoms with Crippen molar-refractivity contribution in [3.63, 3.8) is 0 Å². The molecule has 0 aromatic rings. The zero-order chi connectivity index (χ0) is 40.1. The van der Waals surface area contributed by atoms with Crippen LogP contribution in [0, 0.1) is 0 Å². The predicted octanol–water partition coefficient (Wildman–Crippen LogP) is 14.3. The Labute approximate surface area is 338 Å². The van der Waals surface area contributed by atoms with E-state index in [4.69, 9.17) is 14.2 Å². The Morgan fingerprint density at radius 3 is 1.20 bits per heavy atom. The monoisotopic (exact) mass is 767 g/mol. The SMILES string of the molecule is CC/C=C\C/C=C\C/C=C\C/C=C\C/C=C\CCCC(=O)OCC(COC(=O)CCCCCCCC)OC(=O)CCCCCCC/C=C\CCCCCCC. The third-order valence-corrected chi connectivity index (χ3v) is 9.20. The summed E-state index contributed by atoms with van der Waals surface area (Å²) in [4.78, 5) is 37.5. The number of hydrogen-bond donors (Lipinski definition) is 0. The molecule has 0 heterocycles. The second kappa shape index (κ2) is 43.6. The Kier molecular flexibility index (Phi) is 41.1. The van der Waals surface area contributed by atoms with Crippen LogP contribution >= 0.6 is 0 Å². The van der Waals surface area contributed by atoms with Gasteiger partial charge in [0.1, 0.15) is 13.2 Å². The average Bonchev–Trinajstić information content (AvgIpc) is 3.18. The number of hydrogen-bond acceptors (Lipinski definition) is 6. The van der Waals surface area contributed by atoms with Gasteiger partial charge in [-0.25, -0.2) is 0 Å². The first-order chi connectivity index (χ1) is 27.0. The van der Waals surface area contributed by atoms with Crippen LogP contribution in [0.4, 0.5) is 0 Å². The van der Waals surface area contributed by atoms with E-state index in [1.807, 2.05) is 0 Å². The van der Waals surface area contributed by atoms with Gasteiger partial charge in [-0.15, -0.1) is 0 Å². The van der Waals surface area contributed by atoms with Crippen molar-refractivity contribution in [1.82, 2.24) is 0 Å². The summed E-state index contributed by atoms with van der Waals surface area (Å²) in [5, 5.41) is 0. The molecular formula is C49H82O6. The molecule has 1 atom stereocenters. The highest BCUT2D eigenvalue weighted by atomic mass is 16.6. The molecular weight excluding hydrogens is 685 g/mol. The first-order valence-corrected chi connectivity index (χ1v) is 22.4. The molecule has 0 fully saturated rings. The Hall–Kier alpha value is -3.15. The van der Waals surface area contributed by atoms with Crippen LogP contribution in [0.5, 0.6) is 0 Å². The van der Waals surface area contributed by atoms with E-state index in [0.29, 0.717) is 19.3 Å². The molecule has 0 rings (SSSR count). The van der Waals surface area contributed by atoms with Gasteiger partial charge in [0.15, 0.2) is 6.10 Å². The molecule has 0 aliphatic heterocycles. The topological polar surface area (TPSA) is 78.9 Å². The maximum absolute atomic E-state index is 12.7. The summed E-state index contributed by atoms with van der Waals surface area (Å²) in [6.07, 6.45) is 53.4. The minimum Gasteiger partial charge on any atom is -0.462 e. The molecule has 0 saturated heterocycles. The maximum atomic E-state index is 12.7. The summed E-state index contributed by atoms with van der Waals surface area (Å²) in [5.74, 6) is -0.983. The lowest BCUT2D eigenvalue weighted by Gasteiger charge is -2.18. The van der Waals surface area contributed by atoms with E-state index in [2.05, 4.69) is 93.7 Å². The number of unbranched alkanes of at least 4 members (excludes halogenated alkanes) is 16. The lowest BCUT2D eigenvalue weighted by molar-refractivity contribution is -0.167. The van der Waals surface area contributed by atoms with Gasteiger partial charge < -0.3 is 14.2 Å². The van der Waals surface area contributed by atoms with E-state index in [1.165, 1.54) is 64.2 Å². The van der Waals surface area contributed by atoms with E-state index in [0.717, 1.165) is 89.9 Å². The molecule has 0 aromatic heterocycles. The van der Waals surface area contributed by atoms with E-state index >= 15 is 0 Å². The Morgan fingerprint density at radius 1 is 0.382 bits per heavy atom. The lowest BCUT2D eigenvalue weighted by atomic mass is 10.1. The van der Waals surface area contributed by atoms with Gasteiger partial charge in [-0.05, 0) is 83.5 Å². The van der Waals surface area contributed by atoms with E-state index < -0.39 is 6.10 Å². The van der Waals surface area contributed by atoms with Crippen molar-refractivity contribution in [3.8, 4) is 0 Å². The predicted molar refractivity (Wildman–Crippen MR) is 233 cm³/mol. The largest absolute Gasteiger partial charge is 0.462 e. The molecule has 0 aliphatic carbocycles. The smallest absolute Gasteiger partial charge is 0.306 e. The Balaban J connectivity index is 4.40. The number of carbonyl (C=O) groups is 3. The second-order valence-corrected chi connectivity index (χ2v) is 14.6. The van der Waals surface area contributed by atoms with Crippen molar-refractivity contribution in [2.45, 2.75) is 207 Å². The van der Waals surface area contributed by atoms with Crippen LogP contribution in [-0.2, 0) is 28.6 Å². The van der Waals surface area contributed by atoms with E-state index in [9.17, 15) is 14.4 Å². The molecule has 6 nitrogen and oxygen atoms in total. The van der Waals surface area contributed by atoms with Gasteiger partial charge in [0, 0.05) is 19.3 Å². The fraction of sp³-hybridized carbons (Fsp3) is 0.694. The third kappa shape index (κ3) is 41.8. The fourth-order valence-corrected chi connectivity index (χ4v) is 5.82. The summed E-state index contributed by atoms with van der Waals surface area (Å²) in [6, 6.07) is 0. The van der Waals surface area contributed by atoms with Gasteiger partial charge in [-0.2, -0.15) is 0 Å². The highest BCUT2D eigenvalue weighted by Crippen LogP contribution is 2.12. The zero-order valence-corrected chi connectivity index (χ0v) is 35.7. The number of carbonyl (C=O) groups excluding carboxylic acids is 3. The van der Waals surface area contributed by atoms with Crippen molar-refractivity contribution in [1.29, 1.82) is 0 Å². The molecule has 0 radical (unpaired) electrons. The van der Waals surface area contributed by atoms with Crippen molar-refractivity contribution < 1.29 is 28.6 Å². The summed E-state index contributed by atoms with van der Waals surface area (Å²) < 4.78 is 16.6. The summed E-state index contributed by atoms with van der Waals surface area (Å²) >= 11 is 0. The molecule has 0 aliphatic rings. The summed E-state index contributed by atoms with van der Waals surface area (Å²) in [7, 11) is 0. The van der Waals surface area contributed by atoms with Crippen molar-refractivity contribution in [2.24, 2.45) is 0 Å². The Bertz CT molecular complexity index is 1070. The van der Waals surface area contributed by atoms with Gasteiger partial charge in [0.05, 0.1) is 0 Å². The number of allylic oxidation sites excluding steroid dienone is 12. The molecule has 0 saturated carbocycles. The van der Waals surface area contributed by atoms with Crippen LogP contribution in [0.25, 0.3) is 0 Å². The van der Waals surface area contributed by atoms with Crippen molar-refractivity contribution in [2.75, 3.05) is 13.2 Å². The van der Waals surface area contributed by atoms with Gasteiger partial charge in [-0.1, -0.05) is 171 Å². The van der Waals surface area contributed by atoms with Crippen LogP contribution in [0.1, 0.15) is 201 Å². The molecule has 314 valence electrons. The molecule has 0 amide bonds. The van der Waals surface area contributed by atoms with Crippen LogP contribution in [0.3, 0.4) is 0 Å². The molecule has 0 aromatic carbocycles. The standard InChI is InChI=1S/C49H82O6/c1-4-7-10-13-16-18-20-22-24-25-26-28-29-31-33-36-39-42-48(51)54-45-46(44-53-47(50)41-38-35-15-12-9-6-3)55-49(52)43-40-37-34-32-30-27-23-21-19-17-14-11-8-5-2/h7,10,16,18,21-24,26,28,31,33,46H,4-6,8-9,11-15,17,19-20,25,27,29-30,32,34-45H2,1-3H3/b10-7-,18-16-,23-21-,24-22-,28-26-,33-31-. The van der Waals surface area contributed by atoms with Crippen LogP contribution in [-0.4, -0.2) is 37.2 Å². The molecule has 0 N–H and O–H groups in total. The van der Waals surface area contributed by atoms with Crippen LogP contribution < -0.4 is 0 Å². The van der Waals surface area contributed by atoms with Gasteiger partial charge >= 0.3 is 17.9 Å². The normalized spacial score (nSPS) is 12.7. The average molecular weight is 767 g/mol. The van der Waals surface area contributed by atoms with Gasteiger partial charge in [0.25, 0.3) is 0 Å². The lowest BCUT2D eigenvalue weighted by Crippen LogP contribution is -2.30. The number of ether oxygens (including phenoxy) is 3. The van der Waals surface area contributed by atoms with Crippen molar-refractivity contribution in [3.05, 3.63) is 72.9 Å². The molecule has 0 spiro atoms. The first-order valence-electron chi connectivity index (χ1n) is 22.4. The highest BCUT2D eigenvalue weighted by molar-refractivity contribution is 5.71. The molecule has 0 bridgehead atoms. The third-order valence-electron chi connectivity index (χ3n) is 9.20. The first kappa shape index (κ1) is 51.9. The highest BCUT2D eigenvalue weighted by Gasteiger charge is 2.19. The fourth-order valence-electron chi connectivity index (χ4n) is 5.82. The van der Waals surface area contributed by atoms with Crippen molar-refractivity contribution >= 4 is 17.9 Å². The van der Waals surface area contributed by atoms with Gasteiger partial charge in [0.2, 0.25) is 0 Å². The van der Waals surface area contributed by atoms with E-state index in [-0.39, 0.29) is 37.5 Å². The number of esters is 3. The van der Waals surface area contributed by atoms with Gasteiger partial charge in [-0.3, -0.25) is 14.4 Å². The molecule has 6 heteroatoms. The van der Waals surface area contributed by atoms with E-state index in [1.54, 1.807) is 0 Å². The summed E-state index contributed by atoms with van der Waals surface area (Å²) in [6.45, 7) is 6.37. The summed E-state index contributed by atoms with van der Waals surface area (Å²) in [5.41, 5.74) is 0. The van der Waals surface area contributed by atoms with Crippen LogP contribution in [0.15, 0.2) is 72.9 Å². The molecule has 1 unspecified atom stereocenters. The Morgan fingerprint density at radius 2 is 0.727 bits per heavy atom. The number of rotatable bonds is 39. The molecule has 55 heavy (non-hydrogen) atoms. The van der Waals surface area contributed by atoms with Crippen LogP contribution in [0.2, 0.25) is 0 Å². The quantitative estimate of drug-likeness (QED) is 0.0268. The maximum Gasteiger partial charge on any atom is 0.306 e.